The van der Waals surface area contributed by atoms with Crippen LogP contribution >= 0.6 is 15.9 Å². The standard InChI is InChI=1S/C14H21BrN2O2/c1-10(13(17-2)7-8-14(16)18)19-9-11-3-5-12(15)6-4-11/h3-6,10,13,17H,7-9H2,1-2H3,(H2,16,18)/t10-,13+/m1/s1. The summed E-state index contributed by atoms with van der Waals surface area (Å²) in [5, 5.41) is 3.16. The topological polar surface area (TPSA) is 64.3 Å². The highest BCUT2D eigenvalue weighted by Gasteiger charge is 2.16. The summed E-state index contributed by atoms with van der Waals surface area (Å²) in [6.45, 7) is 2.56. The Morgan fingerprint density at radius 2 is 2.05 bits per heavy atom. The smallest absolute Gasteiger partial charge is 0.217 e. The minimum absolute atomic E-state index is 0.0213. The van der Waals surface area contributed by atoms with Crippen LogP contribution < -0.4 is 11.1 Å². The van der Waals surface area contributed by atoms with E-state index in [0.717, 1.165) is 10.0 Å². The first-order valence-electron chi connectivity index (χ1n) is 6.34. The molecule has 1 aromatic rings. The van der Waals surface area contributed by atoms with Gasteiger partial charge in [0.1, 0.15) is 0 Å². The molecular formula is C14H21BrN2O2. The van der Waals surface area contributed by atoms with E-state index in [2.05, 4.69) is 21.2 Å². The van der Waals surface area contributed by atoms with Gasteiger partial charge >= 0.3 is 0 Å². The van der Waals surface area contributed by atoms with Crippen LogP contribution in [0.5, 0.6) is 0 Å². The van der Waals surface area contributed by atoms with Gasteiger partial charge in [-0.05, 0) is 38.1 Å². The third-order valence-corrected chi connectivity index (χ3v) is 3.59. The lowest BCUT2D eigenvalue weighted by Gasteiger charge is -2.23. The van der Waals surface area contributed by atoms with E-state index in [1.165, 1.54) is 0 Å². The van der Waals surface area contributed by atoms with Crippen LogP contribution in [0.15, 0.2) is 28.7 Å². The molecule has 19 heavy (non-hydrogen) atoms. The number of halogens is 1. The van der Waals surface area contributed by atoms with Crippen LogP contribution in [0.1, 0.15) is 25.3 Å². The number of amides is 1. The van der Waals surface area contributed by atoms with E-state index in [-0.39, 0.29) is 18.1 Å². The Labute approximate surface area is 122 Å². The normalized spacial score (nSPS) is 14.1. The van der Waals surface area contributed by atoms with Gasteiger partial charge in [-0.1, -0.05) is 28.1 Å². The summed E-state index contributed by atoms with van der Waals surface area (Å²) in [6, 6.07) is 8.16. The van der Waals surface area contributed by atoms with Gasteiger partial charge in [0.05, 0.1) is 12.7 Å². The number of ether oxygens (including phenoxy) is 1. The lowest BCUT2D eigenvalue weighted by molar-refractivity contribution is -0.118. The Bertz CT molecular complexity index is 395. The zero-order valence-corrected chi connectivity index (χ0v) is 12.9. The first-order valence-corrected chi connectivity index (χ1v) is 7.14. The zero-order chi connectivity index (χ0) is 14.3. The molecule has 0 aliphatic carbocycles. The highest BCUT2D eigenvalue weighted by Crippen LogP contribution is 2.13. The monoisotopic (exact) mass is 328 g/mol. The van der Waals surface area contributed by atoms with E-state index in [9.17, 15) is 4.79 Å². The highest BCUT2D eigenvalue weighted by molar-refractivity contribution is 9.10. The molecule has 5 heteroatoms. The molecule has 1 aromatic carbocycles. The van der Waals surface area contributed by atoms with E-state index in [1.807, 2.05) is 38.2 Å². The number of carbonyl (C=O) groups is 1. The molecule has 0 aliphatic heterocycles. The Hall–Kier alpha value is -0.910. The number of rotatable bonds is 8. The zero-order valence-electron chi connectivity index (χ0n) is 11.4. The second kappa shape index (κ2) is 8.30. The van der Waals surface area contributed by atoms with Crippen LogP contribution in [0.4, 0.5) is 0 Å². The van der Waals surface area contributed by atoms with Gasteiger partial charge in [-0.3, -0.25) is 4.79 Å². The van der Waals surface area contributed by atoms with Crippen LogP contribution in [-0.4, -0.2) is 25.1 Å². The van der Waals surface area contributed by atoms with Crippen molar-refractivity contribution in [3.05, 3.63) is 34.3 Å². The van der Waals surface area contributed by atoms with Gasteiger partial charge in [0.2, 0.25) is 5.91 Å². The number of nitrogens with one attached hydrogen (secondary N) is 1. The number of carbonyl (C=O) groups excluding carboxylic acids is 1. The molecule has 0 spiro atoms. The Kier molecular flexibility index (Phi) is 7.05. The molecule has 2 atom stereocenters. The van der Waals surface area contributed by atoms with Gasteiger partial charge in [-0.2, -0.15) is 0 Å². The first kappa shape index (κ1) is 16.1. The molecule has 1 amide bonds. The maximum Gasteiger partial charge on any atom is 0.217 e. The molecule has 0 radical (unpaired) electrons. The fourth-order valence-electron chi connectivity index (χ4n) is 1.84. The molecule has 3 N–H and O–H groups in total. The summed E-state index contributed by atoms with van der Waals surface area (Å²) in [6.07, 6.45) is 1.08. The van der Waals surface area contributed by atoms with Crippen LogP contribution in [0, 0.1) is 0 Å². The molecular weight excluding hydrogens is 308 g/mol. The predicted octanol–water partition coefficient (Wildman–Crippen LogP) is 2.21. The number of likely N-dealkylation sites (N-methyl/N-ethyl adjacent to an activating group) is 1. The summed E-state index contributed by atoms with van der Waals surface area (Å²) < 4.78 is 6.88. The summed E-state index contributed by atoms with van der Waals surface area (Å²) in [4.78, 5) is 10.8. The molecule has 4 nitrogen and oxygen atoms in total. The third kappa shape index (κ3) is 6.18. The minimum Gasteiger partial charge on any atom is -0.372 e. The summed E-state index contributed by atoms with van der Waals surface area (Å²) >= 11 is 3.40. The fourth-order valence-corrected chi connectivity index (χ4v) is 2.10. The number of hydrogen-bond acceptors (Lipinski definition) is 3. The van der Waals surface area contributed by atoms with Gasteiger partial charge in [-0.25, -0.2) is 0 Å². The number of nitrogens with two attached hydrogens (primary N) is 1. The van der Waals surface area contributed by atoms with Crippen LogP contribution in [-0.2, 0) is 16.1 Å². The number of hydrogen-bond donors (Lipinski definition) is 2. The van der Waals surface area contributed by atoms with Crippen molar-refractivity contribution in [3.63, 3.8) is 0 Å². The van der Waals surface area contributed by atoms with Gasteiger partial charge in [-0.15, -0.1) is 0 Å². The molecule has 0 heterocycles. The average molecular weight is 329 g/mol. The van der Waals surface area contributed by atoms with Crippen LogP contribution in [0.2, 0.25) is 0 Å². The lowest BCUT2D eigenvalue weighted by atomic mass is 10.1. The Morgan fingerprint density at radius 1 is 1.42 bits per heavy atom. The summed E-state index contributed by atoms with van der Waals surface area (Å²) in [5.74, 6) is -0.277. The van der Waals surface area contributed by atoms with Crippen molar-refractivity contribution in [1.82, 2.24) is 5.32 Å². The van der Waals surface area contributed by atoms with Crippen LogP contribution in [0.25, 0.3) is 0 Å². The number of primary amides is 1. The maximum atomic E-state index is 10.8. The molecule has 106 valence electrons. The molecule has 0 fully saturated rings. The second-order valence-electron chi connectivity index (χ2n) is 4.54. The largest absolute Gasteiger partial charge is 0.372 e. The molecule has 0 bridgehead atoms. The predicted molar refractivity (Wildman–Crippen MR) is 79.7 cm³/mol. The van der Waals surface area contributed by atoms with E-state index >= 15 is 0 Å². The van der Waals surface area contributed by atoms with Gasteiger partial charge in [0.15, 0.2) is 0 Å². The molecule has 0 saturated carbocycles. The average Bonchev–Trinajstić information content (AvgIpc) is 2.38. The van der Waals surface area contributed by atoms with Crippen molar-refractivity contribution < 1.29 is 9.53 Å². The molecule has 0 unspecified atom stereocenters. The quantitative estimate of drug-likeness (QED) is 0.769. The number of benzene rings is 1. The van der Waals surface area contributed by atoms with Crippen molar-refractivity contribution in [3.8, 4) is 0 Å². The fraction of sp³-hybridized carbons (Fsp3) is 0.500. The van der Waals surface area contributed by atoms with Crippen molar-refractivity contribution in [2.45, 2.75) is 38.5 Å². The van der Waals surface area contributed by atoms with E-state index in [4.69, 9.17) is 10.5 Å². The van der Waals surface area contributed by atoms with Crippen LogP contribution in [0.3, 0.4) is 0 Å². The maximum absolute atomic E-state index is 10.8. The minimum atomic E-state index is -0.277. The van der Waals surface area contributed by atoms with Crippen molar-refractivity contribution >= 4 is 21.8 Å². The third-order valence-electron chi connectivity index (χ3n) is 3.07. The summed E-state index contributed by atoms with van der Waals surface area (Å²) in [5.41, 5.74) is 6.29. The Morgan fingerprint density at radius 3 is 2.58 bits per heavy atom. The molecule has 0 aromatic heterocycles. The van der Waals surface area contributed by atoms with Gasteiger partial charge < -0.3 is 15.8 Å². The van der Waals surface area contributed by atoms with E-state index in [0.29, 0.717) is 19.4 Å². The van der Waals surface area contributed by atoms with Crippen molar-refractivity contribution in [1.29, 1.82) is 0 Å². The van der Waals surface area contributed by atoms with E-state index < -0.39 is 0 Å². The lowest BCUT2D eigenvalue weighted by Crippen LogP contribution is -2.38. The van der Waals surface area contributed by atoms with E-state index in [1.54, 1.807) is 0 Å². The van der Waals surface area contributed by atoms with Gasteiger partial charge in [0, 0.05) is 16.9 Å². The Balaban J connectivity index is 2.41. The molecule has 0 saturated heterocycles. The summed E-state index contributed by atoms with van der Waals surface area (Å²) in [7, 11) is 1.87. The highest BCUT2D eigenvalue weighted by atomic mass is 79.9. The van der Waals surface area contributed by atoms with Gasteiger partial charge in [0.25, 0.3) is 0 Å². The second-order valence-corrected chi connectivity index (χ2v) is 5.46. The first-order chi connectivity index (χ1) is 9.02. The molecule has 0 aliphatic rings. The van der Waals surface area contributed by atoms with Crippen molar-refractivity contribution in [2.75, 3.05) is 7.05 Å². The van der Waals surface area contributed by atoms with Crippen molar-refractivity contribution in [2.24, 2.45) is 5.73 Å². The SMILES string of the molecule is CN[C@@H](CCC(N)=O)[C@@H](C)OCc1ccc(Br)cc1. The molecule has 1 rings (SSSR count).